The molecule has 0 aromatic heterocycles. The third kappa shape index (κ3) is 24.7. The summed E-state index contributed by atoms with van der Waals surface area (Å²) in [5.41, 5.74) is 0. The molecule has 0 bridgehead atoms. The number of hydrogen-bond acceptors (Lipinski definition) is 11. The Morgan fingerprint density at radius 2 is 1.09 bits per heavy atom. The average molecular weight is 789 g/mol. The van der Waals surface area contributed by atoms with Gasteiger partial charge in [0.1, 0.15) is 42.7 Å². The van der Waals surface area contributed by atoms with Crippen molar-refractivity contribution in [3.63, 3.8) is 0 Å². The molecule has 6 atom stereocenters. The lowest BCUT2D eigenvalue weighted by molar-refractivity contribution is -0.220. The van der Waals surface area contributed by atoms with E-state index < -0.39 is 63.1 Å². The summed E-state index contributed by atoms with van der Waals surface area (Å²) in [4.78, 5) is 23.0. The van der Waals surface area contributed by atoms with Gasteiger partial charge in [0.2, 0.25) is 0 Å². The summed E-state index contributed by atoms with van der Waals surface area (Å²) in [7, 11) is -5.02. The average Bonchev–Trinajstić information content (AvgIpc) is 3.15. The van der Waals surface area contributed by atoms with E-state index in [1.54, 1.807) is 0 Å². The monoisotopic (exact) mass is 788 g/mol. The number of hydrogen-bond donors (Lipinski definition) is 6. The summed E-state index contributed by atoms with van der Waals surface area (Å²) in [6, 6.07) is 0. The molecule has 1 fully saturated rings. The molecule has 314 valence electrons. The van der Waals surface area contributed by atoms with Crippen LogP contribution in [0.2, 0.25) is 0 Å². The molecule has 54 heavy (non-hydrogen) atoms. The molecule has 1 rings (SSSR count). The molecule has 1 saturated carbocycles. The molecule has 1 aliphatic carbocycles. The molecule has 0 aromatic carbocycles. The van der Waals surface area contributed by atoms with E-state index in [-0.39, 0.29) is 13.0 Å². The van der Waals surface area contributed by atoms with Gasteiger partial charge in [0.15, 0.2) is 0 Å². The minimum atomic E-state index is -5.02. The maximum absolute atomic E-state index is 12.8. The summed E-state index contributed by atoms with van der Waals surface area (Å²) in [6.07, 6.45) is 24.7. The second kappa shape index (κ2) is 32.4. The second-order valence-electron chi connectivity index (χ2n) is 14.1. The molecular weight excluding hydrogens is 715 g/mol. The largest absolute Gasteiger partial charge is 0.472 e. The first-order valence-corrected chi connectivity index (χ1v) is 22.0. The van der Waals surface area contributed by atoms with Crippen molar-refractivity contribution in [1.82, 2.24) is 0 Å². The Hall–Kier alpha value is -1.70. The molecule has 0 aliphatic heterocycles. The first kappa shape index (κ1) is 50.3. The van der Waals surface area contributed by atoms with Crippen LogP contribution >= 0.6 is 7.82 Å². The lowest BCUT2D eigenvalue weighted by atomic mass is 9.85. The van der Waals surface area contributed by atoms with Gasteiger partial charge in [-0.15, -0.1) is 0 Å². The van der Waals surface area contributed by atoms with Crippen LogP contribution in [-0.4, -0.2) is 98.9 Å². The standard InChI is InChI=1S/C41H73O12P/c1-3-5-7-9-11-13-15-17-19-21-23-25-27-29-31-50-32-34(33-51-54(48,49)53-41-39(46)37(44)36(43)38(45)40(41)47)52-35(42)30-28-26-24-22-20-18-16-14-12-10-8-6-4-2/h5,7,11,13-14,16-17,19,34,36-41,43-47H,3-4,6,8-10,12,15,18,20-33H2,1-2H3,(H,48,49)/b7-5-,13-11-,16-14-,19-17-. The predicted octanol–water partition coefficient (Wildman–Crippen LogP) is 7.30. The number of allylic oxidation sites excluding steroid dienone is 8. The van der Waals surface area contributed by atoms with Crippen LogP contribution in [0.15, 0.2) is 48.6 Å². The highest BCUT2D eigenvalue weighted by Gasteiger charge is 2.51. The van der Waals surface area contributed by atoms with Crippen LogP contribution in [0.1, 0.15) is 142 Å². The molecule has 0 saturated heterocycles. The number of ether oxygens (including phenoxy) is 2. The van der Waals surface area contributed by atoms with E-state index in [4.69, 9.17) is 18.5 Å². The third-order valence-electron chi connectivity index (χ3n) is 9.19. The molecule has 0 amide bonds. The van der Waals surface area contributed by atoms with Gasteiger partial charge in [-0.1, -0.05) is 114 Å². The maximum Gasteiger partial charge on any atom is 0.472 e. The molecule has 0 spiro atoms. The number of aliphatic hydroxyl groups excluding tert-OH is 5. The van der Waals surface area contributed by atoms with Crippen molar-refractivity contribution in [2.75, 3.05) is 19.8 Å². The van der Waals surface area contributed by atoms with Crippen molar-refractivity contribution in [2.24, 2.45) is 0 Å². The van der Waals surface area contributed by atoms with Crippen LogP contribution < -0.4 is 0 Å². The van der Waals surface area contributed by atoms with Crippen molar-refractivity contribution in [3.8, 4) is 0 Å². The number of phosphoric ester groups is 1. The Labute approximate surface area is 325 Å². The highest BCUT2D eigenvalue weighted by molar-refractivity contribution is 7.47. The summed E-state index contributed by atoms with van der Waals surface area (Å²) in [5, 5.41) is 50.0. The SMILES string of the molecule is CC/C=C\C/C=C\C/C=C\CCCCCCOCC(COP(=O)(O)OC1C(O)C(O)C(O)C(O)C1O)OC(=O)CCCCCCC/C=C\CCCCCC. The molecule has 0 heterocycles. The normalized spacial score (nSPS) is 23.9. The van der Waals surface area contributed by atoms with E-state index >= 15 is 0 Å². The van der Waals surface area contributed by atoms with Crippen LogP contribution in [0.25, 0.3) is 0 Å². The molecule has 0 radical (unpaired) electrons. The Balaban J connectivity index is 2.48. The van der Waals surface area contributed by atoms with Gasteiger partial charge in [-0.25, -0.2) is 4.57 Å². The fraction of sp³-hybridized carbons (Fsp3) is 0.780. The molecule has 1 aliphatic rings. The van der Waals surface area contributed by atoms with Crippen molar-refractivity contribution >= 4 is 13.8 Å². The van der Waals surface area contributed by atoms with E-state index in [9.17, 15) is 39.8 Å². The molecule has 6 unspecified atom stereocenters. The lowest BCUT2D eigenvalue weighted by Gasteiger charge is -2.41. The first-order valence-electron chi connectivity index (χ1n) is 20.5. The van der Waals surface area contributed by atoms with Crippen molar-refractivity contribution < 1.29 is 58.3 Å². The number of carbonyl (C=O) groups is 1. The second-order valence-corrected chi connectivity index (χ2v) is 15.5. The summed E-state index contributed by atoms with van der Waals surface area (Å²) in [6.45, 7) is 4.04. The van der Waals surface area contributed by atoms with Crippen molar-refractivity contribution in [3.05, 3.63) is 48.6 Å². The first-order chi connectivity index (χ1) is 26.0. The summed E-state index contributed by atoms with van der Waals surface area (Å²) in [5.74, 6) is -0.498. The van der Waals surface area contributed by atoms with E-state index in [0.29, 0.717) is 13.0 Å². The van der Waals surface area contributed by atoms with E-state index in [2.05, 4.69) is 62.5 Å². The number of aliphatic hydroxyl groups is 5. The van der Waals surface area contributed by atoms with Crippen LogP contribution in [0.4, 0.5) is 0 Å². The van der Waals surface area contributed by atoms with Gasteiger partial charge in [-0.05, 0) is 70.6 Å². The van der Waals surface area contributed by atoms with E-state index in [1.165, 1.54) is 25.7 Å². The highest BCUT2D eigenvalue weighted by Crippen LogP contribution is 2.47. The van der Waals surface area contributed by atoms with E-state index in [1.807, 2.05) is 0 Å². The summed E-state index contributed by atoms with van der Waals surface area (Å²) >= 11 is 0. The highest BCUT2D eigenvalue weighted by atomic mass is 31.2. The van der Waals surface area contributed by atoms with Gasteiger partial charge >= 0.3 is 13.8 Å². The number of rotatable bonds is 33. The van der Waals surface area contributed by atoms with Crippen LogP contribution in [0.5, 0.6) is 0 Å². The smallest absolute Gasteiger partial charge is 0.457 e. The topological polar surface area (TPSA) is 192 Å². The Bertz CT molecular complexity index is 1080. The van der Waals surface area contributed by atoms with Crippen LogP contribution in [0, 0.1) is 0 Å². The van der Waals surface area contributed by atoms with Gasteiger partial charge < -0.3 is 39.9 Å². The number of esters is 1. The number of unbranched alkanes of at least 4 members (excludes halogenated alkanes) is 13. The van der Waals surface area contributed by atoms with Gasteiger partial charge in [0.05, 0.1) is 13.2 Å². The number of phosphoric acid groups is 1. The zero-order chi connectivity index (χ0) is 39.9. The van der Waals surface area contributed by atoms with Gasteiger partial charge in [0, 0.05) is 13.0 Å². The molecule has 0 aromatic rings. The van der Waals surface area contributed by atoms with Crippen molar-refractivity contribution in [2.45, 2.75) is 185 Å². The quantitative estimate of drug-likeness (QED) is 0.0169. The Kier molecular flexibility index (Phi) is 30.2. The fourth-order valence-corrected chi connectivity index (χ4v) is 6.86. The number of carbonyl (C=O) groups excluding carboxylic acids is 1. The van der Waals surface area contributed by atoms with Crippen molar-refractivity contribution in [1.29, 1.82) is 0 Å². The van der Waals surface area contributed by atoms with Gasteiger partial charge in [-0.2, -0.15) is 0 Å². The third-order valence-corrected chi connectivity index (χ3v) is 10.2. The van der Waals surface area contributed by atoms with Crippen LogP contribution in [0.3, 0.4) is 0 Å². The molecular formula is C41H73O12P. The maximum atomic E-state index is 12.8. The molecule has 6 N–H and O–H groups in total. The minimum absolute atomic E-state index is 0.0966. The van der Waals surface area contributed by atoms with Crippen LogP contribution in [-0.2, 0) is 27.9 Å². The lowest BCUT2D eigenvalue weighted by Crippen LogP contribution is -2.64. The summed E-state index contributed by atoms with van der Waals surface area (Å²) < 4.78 is 34.0. The fourth-order valence-electron chi connectivity index (χ4n) is 5.89. The molecule has 12 nitrogen and oxygen atoms in total. The predicted molar refractivity (Wildman–Crippen MR) is 212 cm³/mol. The zero-order valence-corrected chi connectivity index (χ0v) is 33.9. The molecule has 13 heteroatoms. The Morgan fingerprint density at radius 3 is 1.69 bits per heavy atom. The minimum Gasteiger partial charge on any atom is -0.457 e. The zero-order valence-electron chi connectivity index (χ0n) is 33.0. The Morgan fingerprint density at radius 1 is 0.611 bits per heavy atom. The van der Waals surface area contributed by atoms with E-state index in [0.717, 1.165) is 89.9 Å². The van der Waals surface area contributed by atoms with Gasteiger partial charge in [-0.3, -0.25) is 13.8 Å². The van der Waals surface area contributed by atoms with Gasteiger partial charge in [0.25, 0.3) is 0 Å².